The molecule has 0 saturated heterocycles. The van der Waals surface area contributed by atoms with E-state index in [1.165, 1.54) is 36.4 Å². The molecule has 6 rings (SSSR count). The molecule has 0 amide bonds. The van der Waals surface area contributed by atoms with Gasteiger partial charge in [0.2, 0.25) is 0 Å². The molecule has 2 aliphatic rings. The maximum absolute atomic E-state index is 12.7. The molecule has 10 nitrogen and oxygen atoms in total. The molecule has 4 aromatic rings. The number of carbonyl (C=O) groups excluding carboxylic acids is 6. The van der Waals surface area contributed by atoms with Crippen LogP contribution in [0.3, 0.4) is 0 Å². The van der Waals surface area contributed by atoms with Crippen molar-refractivity contribution >= 4 is 35.8 Å². The number of hydrogen-bond donors (Lipinski definition) is 0. The van der Waals surface area contributed by atoms with Crippen LogP contribution in [-0.2, 0) is 14.9 Å². The molecule has 0 fully saturated rings. The third kappa shape index (κ3) is 4.95. The molecule has 2 heterocycles. The molecule has 0 aromatic heterocycles. The van der Waals surface area contributed by atoms with Crippen molar-refractivity contribution < 1.29 is 47.7 Å². The minimum absolute atomic E-state index is 0.0409. The summed E-state index contributed by atoms with van der Waals surface area (Å²) >= 11 is 0. The fourth-order valence-corrected chi connectivity index (χ4v) is 4.80. The quantitative estimate of drug-likeness (QED) is 0.174. The van der Waals surface area contributed by atoms with E-state index in [1.54, 1.807) is 48.5 Å². The van der Waals surface area contributed by atoms with Crippen molar-refractivity contribution in [3.63, 3.8) is 0 Å². The predicted molar refractivity (Wildman–Crippen MR) is 147 cm³/mol. The lowest BCUT2D eigenvalue weighted by molar-refractivity contribution is 0.0425. The number of benzene rings is 4. The van der Waals surface area contributed by atoms with Crippen molar-refractivity contribution in [2.24, 2.45) is 0 Å². The minimum atomic E-state index is -0.791. The molecule has 10 heteroatoms. The Labute approximate surface area is 243 Å². The van der Waals surface area contributed by atoms with Gasteiger partial charge in [0.1, 0.15) is 11.5 Å². The third-order valence-electron chi connectivity index (χ3n) is 7.34. The number of hydrogen-bond acceptors (Lipinski definition) is 10. The van der Waals surface area contributed by atoms with Gasteiger partial charge in [-0.25, -0.2) is 28.8 Å². The monoisotopic (exact) mass is 576 g/mol. The Hall–Kier alpha value is -5.90. The smallest absolute Gasteiger partial charge is 0.347 e. The zero-order valence-electron chi connectivity index (χ0n) is 22.7. The molecular formula is C33H20O10. The summed E-state index contributed by atoms with van der Waals surface area (Å²) in [5.74, 6) is -4.14. The van der Waals surface area contributed by atoms with E-state index in [4.69, 9.17) is 9.47 Å². The van der Waals surface area contributed by atoms with Gasteiger partial charge in [-0.15, -0.1) is 0 Å². The number of ether oxygens (including phenoxy) is 4. The Bertz CT molecular complexity index is 1750. The second kappa shape index (κ2) is 10.2. The lowest BCUT2D eigenvalue weighted by atomic mass is 9.78. The average Bonchev–Trinajstić information content (AvgIpc) is 3.45. The Kier molecular flexibility index (Phi) is 6.46. The number of fused-ring (bicyclic) bond motifs is 2. The fourth-order valence-electron chi connectivity index (χ4n) is 4.80. The molecular weight excluding hydrogens is 556 g/mol. The van der Waals surface area contributed by atoms with E-state index < -0.39 is 41.2 Å². The molecule has 0 N–H and O–H groups in total. The number of cyclic esters (lactones) is 4. The number of carbonyl (C=O) groups is 6. The van der Waals surface area contributed by atoms with E-state index in [2.05, 4.69) is 9.47 Å². The van der Waals surface area contributed by atoms with E-state index in [0.717, 1.165) is 11.1 Å². The summed E-state index contributed by atoms with van der Waals surface area (Å²) in [6.45, 7) is 3.98. The molecule has 0 atom stereocenters. The summed E-state index contributed by atoms with van der Waals surface area (Å²) in [5, 5.41) is 0. The first-order valence-electron chi connectivity index (χ1n) is 13.0. The van der Waals surface area contributed by atoms with Gasteiger partial charge >= 0.3 is 35.8 Å². The van der Waals surface area contributed by atoms with Gasteiger partial charge in [-0.3, -0.25) is 0 Å². The maximum atomic E-state index is 12.7. The first-order chi connectivity index (χ1) is 20.5. The van der Waals surface area contributed by atoms with Crippen molar-refractivity contribution in [1.82, 2.24) is 0 Å². The van der Waals surface area contributed by atoms with Crippen molar-refractivity contribution in [3.05, 3.63) is 129 Å². The van der Waals surface area contributed by atoms with Crippen LogP contribution in [0.4, 0.5) is 0 Å². The average molecular weight is 577 g/mol. The molecule has 2 aliphatic heterocycles. The molecule has 0 radical (unpaired) electrons. The lowest BCUT2D eigenvalue weighted by Gasteiger charge is -2.26. The Morgan fingerprint density at radius 3 is 1.23 bits per heavy atom. The Morgan fingerprint density at radius 2 is 0.860 bits per heavy atom. The first kappa shape index (κ1) is 27.3. The summed E-state index contributed by atoms with van der Waals surface area (Å²) in [5.41, 5.74) is 2.14. The maximum Gasteiger partial charge on any atom is 0.347 e. The van der Waals surface area contributed by atoms with Gasteiger partial charge in [0.05, 0.1) is 33.4 Å². The highest BCUT2D eigenvalue weighted by molar-refractivity contribution is 6.15. The minimum Gasteiger partial charge on any atom is -0.423 e. The number of esters is 6. The normalized spacial score (nSPS) is 13.6. The SMILES string of the molecule is CC(C)(c1ccc(C(=O)Oc2ccc3c(c2)C(=O)OC3=O)cc1)c1ccc(C(=O)Oc2ccc3c(c2)C(=O)OC3=O)cc1. The van der Waals surface area contributed by atoms with E-state index in [0.29, 0.717) is 0 Å². The van der Waals surface area contributed by atoms with Crippen LogP contribution < -0.4 is 9.47 Å². The van der Waals surface area contributed by atoms with Gasteiger partial charge in [-0.2, -0.15) is 0 Å². The van der Waals surface area contributed by atoms with Crippen molar-refractivity contribution in [2.45, 2.75) is 19.3 Å². The van der Waals surface area contributed by atoms with Crippen molar-refractivity contribution in [3.8, 4) is 11.5 Å². The van der Waals surface area contributed by atoms with Gasteiger partial charge in [0.15, 0.2) is 0 Å². The van der Waals surface area contributed by atoms with E-state index in [9.17, 15) is 28.8 Å². The first-order valence-corrected chi connectivity index (χ1v) is 13.0. The molecule has 212 valence electrons. The van der Waals surface area contributed by atoms with Crippen LogP contribution in [0.25, 0.3) is 0 Å². The Balaban J connectivity index is 1.12. The van der Waals surface area contributed by atoms with E-state index in [1.807, 2.05) is 13.8 Å². The second-order valence-electron chi connectivity index (χ2n) is 10.3. The third-order valence-corrected chi connectivity index (χ3v) is 7.34. The van der Waals surface area contributed by atoms with Gasteiger partial charge in [0, 0.05) is 5.41 Å². The molecule has 0 saturated carbocycles. The molecule has 0 bridgehead atoms. The topological polar surface area (TPSA) is 139 Å². The second-order valence-corrected chi connectivity index (χ2v) is 10.3. The Morgan fingerprint density at radius 1 is 0.512 bits per heavy atom. The van der Waals surface area contributed by atoms with Crippen LogP contribution in [0.5, 0.6) is 11.5 Å². The van der Waals surface area contributed by atoms with Gasteiger partial charge in [-0.05, 0) is 71.8 Å². The van der Waals surface area contributed by atoms with Crippen molar-refractivity contribution in [2.75, 3.05) is 0 Å². The molecule has 43 heavy (non-hydrogen) atoms. The highest BCUT2D eigenvalue weighted by atomic mass is 16.6. The van der Waals surface area contributed by atoms with E-state index >= 15 is 0 Å². The summed E-state index contributed by atoms with van der Waals surface area (Å²) in [4.78, 5) is 72.2. The predicted octanol–water partition coefficient (Wildman–Crippen LogP) is 5.07. The van der Waals surface area contributed by atoms with Crippen molar-refractivity contribution in [1.29, 1.82) is 0 Å². The van der Waals surface area contributed by atoms with Crippen LogP contribution in [0, 0.1) is 0 Å². The van der Waals surface area contributed by atoms with Crippen LogP contribution in [0.2, 0.25) is 0 Å². The zero-order chi connectivity index (χ0) is 30.5. The van der Waals surface area contributed by atoms with E-state index in [-0.39, 0.29) is 44.9 Å². The van der Waals surface area contributed by atoms with Crippen LogP contribution in [0.1, 0.15) is 87.1 Å². The molecule has 4 aromatic carbocycles. The largest absolute Gasteiger partial charge is 0.423 e. The van der Waals surface area contributed by atoms with Gasteiger partial charge in [-0.1, -0.05) is 38.1 Å². The lowest BCUT2D eigenvalue weighted by Crippen LogP contribution is -2.20. The fraction of sp³-hybridized carbons (Fsp3) is 0.0909. The zero-order valence-corrected chi connectivity index (χ0v) is 22.7. The molecule has 0 spiro atoms. The molecule has 0 unspecified atom stereocenters. The van der Waals surface area contributed by atoms with Gasteiger partial charge in [0.25, 0.3) is 0 Å². The highest BCUT2D eigenvalue weighted by Gasteiger charge is 2.31. The van der Waals surface area contributed by atoms with Crippen LogP contribution in [0.15, 0.2) is 84.9 Å². The standard InChI is InChI=1S/C33H20O10/c1-33(2,19-7-3-17(4-8-19)27(34)40-21-11-13-23-25(15-21)31(38)42-29(23)36)20-9-5-18(6-10-20)28(35)41-22-12-14-24-26(16-22)32(39)43-30(24)37/h3-16H,1-2H3. The van der Waals surface area contributed by atoms with Crippen LogP contribution >= 0.6 is 0 Å². The number of rotatable bonds is 6. The summed E-state index contributed by atoms with van der Waals surface area (Å²) < 4.78 is 19.9. The molecule has 0 aliphatic carbocycles. The van der Waals surface area contributed by atoms with Gasteiger partial charge < -0.3 is 18.9 Å². The van der Waals surface area contributed by atoms with Crippen LogP contribution in [-0.4, -0.2) is 35.8 Å². The summed E-state index contributed by atoms with van der Waals surface area (Å²) in [7, 11) is 0. The summed E-state index contributed by atoms with van der Waals surface area (Å²) in [6.07, 6.45) is 0. The summed E-state index contributed by atoms with van der Waals surface area (Å²) in [6, 6.07) is 21.8. The highest BCUT2D eigenvalue weighted by Crippen LogP contribution is 2.33.